The van der Waals surface area contributed by atoms with Crippen molar-refractivity contribution in [3.05, 3.63) is 71.4 Å². The summed E-state index contributed by atoms with van der Waals surface area (Å²) in [7, 11) is 1.64. The fourth-order valence-electron chi connectivity index (χ4n) is 2.80. The Morgan fingerprint density at radius 3 is 2.76 bits per heavy atom. The van der Waals surface area contributed by atoms with Gasteiger partial charge in [0.15, 0.2) is 6.10 Å². The van der Waals surface area contributed by atoms with Gasteiger partial charge in [-0.15, -0.1) is 21.5 Å². The highest BCUT2D eigenvalue weighted by atomic mass is 32.1. The molecule has 0 amide bonds. The molecule has 0 fully saturated rings. The summed E-state index contributed by atoms with van der Waals surface area (Å²) in [6.45, 7) is 1.70. The fourth-order valence-corrected chi connectivity index (χ4v) is 3.44. The number of aromatic nitrogens is 2. The lowest BCUT2D eigenvalue weighted by Gasteiger charge is -2.07. The molecule has 0 aliphatic heterocycles. The SMILES string of the molecule is COc1ccc2cc(/C=C/C(=O)OC(C)c3nnc(-c4cccs4)o3)ccc2c1. The molecule has 0 bridgehead atoms. The minimum atomic E-state index is -0.641. The lowest BCUT2D eigenvalue weighted by atomic mass is 10.1. The van der Waals surface area contributed by atoms with Crippen molar-refractivity contribution in [1.29, 1.82) is 0 Å². The van der Waals surface area contributed by atoms with Gasteiger partial charge in [-0.3, -0.25) is 0 Å². The number of thiophene rings is 1. The number of benzene rings is 2. The van der Waals surface area contributed by atoms with Crippen LogP contribution >= 0.6 is 11.3 Å². The number of esters is 1. The van der Waals surface area contributed by atoms with Gasteiger partial charge in [0.1, 0.15) is 5.75 Å². The Balaban J connectivity index is 1.41. The van der Waals surface area contributed by atoms with E-state index in [4.69, 9.17) is 13.9 Å². The van der Waals surface area contributed by atoms with Gasteiger partial charge in [0.05, 0.1) is 12.0 Å². The van der Waals surface area contributed by atoms with Crippen molar-refractivity contribution >= 4 is 34.2 Å². The number of hydrogen-bond acceptors (Lipinski definition) is 7. The lowest BCUT2D eigenvalue weighted by molar-refractivity contribution is -0.143. The molecule has 4 rings (SSSR count). The largest absolute Gasteiger partial charge is 0.497 e. The van der Waals surface area contributed by atoms with Crippen LogP contribution in [0, 0.1) is 0 Å². The van der Waals surface area contributed by atoms with E-state index >= 15 is 0 Å². The van der Waals surface area contributed by atoms with E-state index in [0.29, 0.717) is 5.89 Å². The van der Waals surface area contributed by atoms with Gasteiger partial charge in [0.2, 0.25) is 0 Å². The topological polar surface area (TPSA) is 74.5 Å². The molecule has 0 radical (unpaired) electrons. The molecule has 4 aromatic rings. The van der Waals surface area contributed by atoms with E-state index in [1.165, 1.54) is 17.4 Å². The third-order valence-corrected chi connectivity index (χ3v) is 5.15. The Labute approximate surface area is 171 Å². The highest BCUT2D eigenvalue weighted by Crippen LogP contribution is 2.26. The Hall–Kier alpha value is -3.45. The molecular formula is C22H18N2O4S. The summed E-state index contributed by atoms with van der Waals surface area (Å²) in [5, 5.41) is 12.0. The molecule has 0 saturated carbocycles. The molecule has 2 aromatic carbocycles. The maximum atomic E-state index is 12.2. The van der Waals surface area contributed by atoms with Crippen molar-refractivity contribution in [2.24, 2.45) is 0 Å². The van der Waals surface area contributed by atoms with Gasteiger partial charge >= 0.3 is 5.97 Å². The summed E-state index contributed by atoms with van der Waals surface area (Å²) in [4.78, 5) is 13.0. The normalized spacial score (nSPS) is 12.3. The average Bonchev–Trinajstić information content (AvgIpc) is 3.43. The number of fused-ring (bicyclic) bond motifs is 1. The first kappa shape index (κ1) is 18.9. The molecule has 29 heavy (non-hydrogen) atoms. The van der Waals surface area contributed by atoms with Gasteiger partial charge in [0.25, 0.3) is 11.8 Å². The molecule has 0 N–H and O–H groups in total. The first-order valence-electron chi connectivity index (χ1n) is 8.96. The number of ether oxygens (including phenoxy) is 2. The smallest absolute Gasteiger partial charge is 0.331 e. The van der Waals surface area contributed by atoms with Crippen molar-refractivity contribution < 1.29 is 18.7 Å². The highest BCUT2D eigenvalue weighted by Gasteiger charge is 2.18. The summed E-state index contributed by atoms with van der Waals surface area (Å²) in [6.07, 6.45) is 2.46. The molecule has 1 unspecified atom stereocenters. The third-order valence-electron chi connectivity index (χ3n) is 4.30. The standard InChI is InChI=1S/C22H18N2O4S/c1-14(21-23-24-22(28-21)19-4-3-11-29-19)27-20(25)10-6-15-5-7-17-13-18(26-2)9-8-16(17)12-15/h3-14H,1-2H3/b10-6+. The molecule has 6 nitrogen and oxygen atoms in total. The molecule has 0 saturated heterocycles. The van der Waals surface area contributed by atoms with Crippen molar-refractivity contribution in [1.82, 2.24) is 10.2 Å². The average molecular weight is 406 g/mol. The van der Waals surface area contributed by atoms with Crippen molar-refractivity contribution in [2.45, 2.75) is 13.0 Å². The summed E-state index contributed by atoms with van der Waals surface area (Å²) < 4.78 is 16.2. The molecule has 0 spiro atoms. The maximum Gasteiger partial charge on any atom is 0.331 e. The van der Waals surface area contributed by atoms with Crippen LogP contribution in [0.15, 0.2) is 64.4 Å². The minimum absolute atomic E-state index is 0.259. The van der Waals surface area contributed by atoms with Gasteiger partial charge < -0.3 is 13.9 Å². The zero-order valence-electron chi connectivity index (χ0n) is 15.9. The number of rotatable bonds is 6. The van der Waals surface area contributed by atoms with Crippen LogP contribution in [0.1, 0.15) is 24.5 Å². The zero-order valence-corrected chi connectivity index (χ0v) is 16.7. The number of carbonyl (C=O) groups is 1. The van der Waals surface area contributed by atoms with E-state index in [1.54, 1.807) is 20.1 Å². The van der Waals surface area contributed by atoms with Gasteiger partial charge in [-0.1, -0.05) is 24.3 Å². The second-order valence-electron chi connectivity index (χ2n) is 6.31. The van der Waals surface area contributed by atoms with Gasteiger partial charge in [-0.25, -0.2) is 4.79 Å². The summed E-state index contributed by atoms with van der Waals surface area (Å²) in [5.41, 5.74) is 0.894. The van der Waals surface area contributed by atoms with Crippen LogP contribution in [0.2, 0.25) is 0 Å². The third kappa shape index (κ3) is 4.35. The van der Waals surface area contributed by atoms with Crippen LogP contribution < -0.4 is 4.74 Å². The Morgan fingerprint density at radius 2 is 1.97 bits per heavy atom. The van der Waals surface area contributed by atoms with Gasteiger partial charge in [-0.05, 0) is 59.0 Å². The molecule has 0 aliphatic carbocycles. The molecule has 2 aromatic heterocycles. The summed E-state index contributed by atoms with van der Waals surface area (Å²) >= 11 is 1.50. The molecule has 0 aliphatic rings. The van der Waals surface area contributed by atoms with Gasteiger partial charge in [-0.2, -0.15) is 0 Å². The predicted molar refractivity (Wildman–Crippen MR) is 112 cm³/mol. The molecule has 1 atom stereocenters. The van der Waals surface area contributed by atoms with Crippen LogP contribution in [-0.4, -0.2) is 23.3 Å². The van der Waals surface area contributed by atoms with E-state index in [2.05, 4.69) is 10.2 Å². The van der Waals surface area contributed by atoms with Crippen LogP contribution in [0.4, 0.5) is 0 Å². The first-order valence-corrected chi connectivity index (χ1v) is 9.84. The maximum absolute atomic E-state index is 12.2. The number of methoxy groups -OCH3 is 1. The predicted octanol–water partition coefficient (Wildman–Crippen LogP) is 5.28. The van der Waals surface area contributed by atoms with E-state index < -0.39 is 12.1 Å². The van der Waals surface area contributed by atoms with Crippen molar-refractivity contribution in [3.8, 4) is 16.5 Å². The number of carbonyl (C=O) groups excluding carboxylic acids is 1. The minimum Gasteiger partial charge on any atom is -0.497 e. The number of nitrogens with zero attached hydrogens (tertiary/aromatic N) is 2. The zero-order chi connectivity index (χ0) is 20.2. The molecule has 7 heteroatoms. The van der Waals surface area contributed by atoms with E-state index in [-0.39, 0.29) is 5.89 Å². The second kappa shape index (κ2) is 8.28. The Bertz CT molecular complexity index is 1160. The molecular weight excluding hydrogens is 388 g/mol. The van der Waals surface area contributed by atoms with Crippen molar-refractivity contribution in [2.75, 3.05) is 7.11 Å². The highest BCUT2D eigenvalue weighted by molar-refractivity contribution is 7.13. The lowest BCUT2D eigenvalue weighted by Crippen LogP contribution is -2.06. The Morgan fingerprint density at radius 1 is 1.14 bits per heavy atom. The Kier molecular flexibility index (Phi) is 5.39. The van der Waals surface area contributed by atoms with E-state index in [1.807, 2.05) is 53.9 Å². The molecule has 2 heterocycles. The molecule has 146 valence electrons. The fraction of sp³-hybridized carbons (Fsp3) is 0.136. The second-order valence-corrected chi connectivity index (χ2v) is 7.26. The first-order chi connectivity index (χ1) is 14.1. The monoisotopic (exact) mass is 406 g/mol. The van der Waals surface area contributed by atoms with E-state index in [0.717, 1.165) is 27.0 Å². The van der Waals surface area contributed by atoms with Crippen LogP contribution in [0.25, 0.3) is 27.6 Å². The van der Waals surface area contributed by atoms with Crippen LogP contribution in [0.5, 0.6) is 5.75 Å². The van der Waals surface area contributed by atoms with Gasteiger partial charge in [0, 0.05) is 6.08 Å². The summed E-state index contributed by atoms with van der Waals surface area (Å²) in [6, 6.07) is 15.5. The van der Waals surface area contributed by atoms with E-state index in [9.17, 15) is 4.79 Å². The van der Waals surface area contributed by atoms with Crippen molar-refractivity contribution in [3.63, 3.8) is 0 Å². The van der Waals surface area contributed by atoms with Crippen LogP contribution in [0.3, 0.4) is 0 Å². The quantitative estimate of drug-likeness (QED) is 0.320. The number of hydrogen-bond donors (Lipinski definition) is 0. The van der Waals surface area contributed by atoms with Crippen LogP contribution in [-0.2, 0) is 9.53 Å². The summed E-state index contributed by atoms with van der Waals surface area (Å²) in [5.74, 6) is 1.00.